The van der Waals surface area contributed by atoms with Crippen molar-refractivity contribution in [1.29, 1.82) is 0 Å². The number of aryl methyl sites for hydroxylation is 1. The molecule has 1 heteroatoms. The zero-order valence-electron chi connectivity index (χ0n) is 11.4. The minimum Gasteiger partial charge on any atom is -0.324 e. The molecule has 0 bridgehead atoms. The molecule has 0 radical (unpaired) electrons. The molecular formula is C16H25N. The molecule has 0 saturated heterocycles. The van der Waals surface area contributed by atoms with Crippen molar-refractivity contribution in [3.63, 3.8) is 0 Å². The fourth-order valence-corrected chi connectivity index (χ4v) is 3.27. The number of nitrogens with two attached hydrogens (primary N) is 1. The summed E-state index contributed by atoms with van der Waals surface area (Å²) in [6, 6.07) is 9.03. The van der Waals surface area contributed by atoms with Crippen molar-refractivity contribution < 1.29 is 0 Å². The van der Waals surface area contributed by atoms with Crippen LogP contribution in [-0.2, 0) is 6.42 Å². The molecule has 2 N–H and O–H groups in total. The van der Waals surface area contributed by atoms with Gasteiger partial charge in [-0.3, -0.25) is 0 Å². The van der Waals surface area contributed by atoms with Crippen molar-refractivity contribution in [1.82, 2.24) is 0 Å². The minimum absolute atomic E-state index is 0.207. The Morgan fingerprint density at radius 3 is 2.76 bits per heavy atom. The van der Waals surface area contributed by atoms with Crippen LogP contribution in [0.1, 0.15) is 57.2 Å². The van der Waals surface area contributed by atoms with Crippen LogP contribution in [0.25, 0.3) is 0 Å². The van der Waals surface area contributed by atoms with E-state index in [9.17, 15) is 0 Å². The molecule has 0 aliphatic heterocycles. The summed E-state index contributed by atoms with van der Waals surface area (Å²) in [5.41, 5.74) is 9.62. The van der Waals surface area contributed by atoms with Gasteiger partial charge in [0.15, 0.2) is 0 Å². The third-order valence-corrected chi connectivity index (χ3v) is 4.52. The van der Waals surface area contributed by atoms with Crippen molar-refractivity contribution >= 4 is 0 Å². The van der Waals surface area contributed by atoms with E-state index in [0.29, 0.717) is 11.3 Å². The predicted molar refractivity (Wildman–Crippen MR) is 73.9 cm³/mol. The highest BCUT2D eigenvalue weighted by atomic mass is 14.7. The molecule has 0 amide bonds. The maximum atomic E-state index is 6.50. The molecule has 17 heavy (non-hydrogen) atoms. The highest BCUT2D eigenvalue weighted by Crippen LogP contribution is 2.47. The Balaban J connectivity index is 2.21. The number of hydrogen-bond donors (Lipinski definition) is 1. The van der Waals surface area contributed by atoms with Gasteiger partial charge < -0.3 is 5.73 Å². The van der Waals surface area contributed by atoms with E-state index in [-0.39, 0.29) is 6.04 Å². The van der Waals surface area contributed by atoms with Gasteiger partial charge in [-0.25, -0.2) is 0 Å². The third-order valence-electron chi connectivity index (χ3n) is 4.52. The lowest BCUT2D eigenvalue weighted by atomic mass is 9.75. The largest absolute Gasteiger partial charge is 0.324 e. The highest BCUT2D eigenvalue weighted by molar-refractivity contribution is 5.27. The van der Waals surface area contributed by atoms with Crippen LogP contribution in [0.15, 0.2) is 24.3 Å². The first kappa shape index (κ1) is 12.6. The van der Waals surface area contributed by atoms with Gasteiger partial charge in [0, 0.05) is 6.04 Å². The first-order chi connectivity index (χ1) is 8.04. The van der Waals surface area contributed by atoms with Crippen LogP contribution in [0.5, 0.6) is 0 Å². The molecule has 0 heterocycles. The Morgan fingerprint density at radius 1 is 1.41 bits per heavy atom. The van der Waals surface area contributed by atoms with Crippen molar-refractivity contribution in [3.8, 4) is 0 Å². The summed E-state index contributed by atoms with van der Waals surface area (Å²) >= 11 is 0. The van der Waals surface area contributed by atoms with Crippen molar-refractivity contribution in [2.24, 2.45) is 17.1 Å². The van der Waals surface area contributed by atoms with E-state index in [4.69, 9.17) is 5.73 Å². The lowest BCUT2D eigenvalue weighted by Crippen LogP contribution is -2.29. The van der Waals surface area contributed by atoms with Crippen molar-refractivity contribution in [2.45, 2.75) is 52.5 Å². The Morgan fingerprint density at radius 2 is 2.18 bits per heavy atom. The van der Waals surface area contributed by atoms with E-state index in [0.717, 1.165) is 6.42 Å². The van der Waals surface area contributed by atoms with Gasteiger partial charge >= 0.3 is 0 Å². The normalized spacial score (nSPS) is 24.8. The lowest BCUT2D eigenvalue weighted by molar-refractivity contribution is 0.222. The van der Waals surface area contributed by atoms with Gasteiger partial charge in [0.1, 0.15) is 0 Å². The van der Waals surface area contributed by atoms with E-state index in [1.807, 2.05) is 0 Å². The van der Waals surface area contributed by atoms with Crippen LogP contribution in [0.4, 0.5) is 0 Å². The monoisotopic (exact) mass is 231 g/mol. The Bertz CT molecular complexity index is 381. The summed E-state index contributed by atoms with van der Waals surface area (Å²) < 4.78 is 0. The van der Waals surface area contributed by atoms with Gasteiger partial charge in [0.05, 0.1) is 0 Å². The Kier molecular flexibility index (Phi) is 3.58. The van der Waals surface area contributed by atoms with E-state index < -0.39 is 0 Å². The molecule has 0 spiro atoms. The van der Waals surface area contributed by atoms with E-state index in [1.54, 1.807) is 0 Å². The lowest BCUT2D eigenvalue weighted by Gasteiger charge is -2.32. The van der Waals surface area contributed by atoms with Crippen LogP contribution in [0, 0.1) is 11.3 Å². The molecule has 1 fully saturated rings. The fourth-order valence-electron chi connectivity index (χ4n) is 3.27. The van der Waals surface area contributed by atoms with Crippen molar-refractivity contribution in [2.75, 3.05) is 0 Å². The van der Waals surface area contributed by atoms with Crippen LogP contribution in [-0.4, -0.2) is 0 Å². The maximum absolute atomic E-state index is 6.50. The molecular weight excluding hydrogens is 206 g/mol. The van der Waals surface area contributed by atoms with Crippen molar-refractivity contribution in [3.05, 3.63) is 35.4 Å². The van der Waals surface area contributed by atoms with E-state index in [1.165, 1.54) is 30.4 Å². The van der Waals surface area contributed by atoms with Gasteiger partial charge in [-0.05, 0) is 41.7 Å². The second-order valence-electron chi connectivity index (χ2n) is 6.11. The molecule has 1 aliphatic carbocycles. The smallest absolute Gasteiger partial charge is 0.0328 e. The van der Waals surface area contributed by atoms with Crippen LogP contribution in [0.2, 0.25) is 0 Å². The molecule has 1 aromatic rings. The average molecular weight is 231 g/mol. The quantitative estimate of drug-likeness (QED) is 0.833. The molecule has 0 aromatic heterocycles. The summed E-state index contributed by atoms with van der Waals surface area (Å²) in [5.74, 6) is 0.634. The number of benzene rings is 1. The van der Waals surface area contributed by atoms with E-state index in [2.05, 4.69) is 45.0 Å². The second-order valence-corrected chi connectivity index (χ2v) is 6.11. The van der Waals surface area contributed by atoms with Gasteiger partial charge in [0.2, 0.25) is 0 Å². The zero-order valence-corrected chi connectivity index (χ0v) is 11.4. The van der Waals surface area contributed by atoms with Crippen LogP contribution in [0.3, 0.4) is 0 Å². The Labute approximate surface area is 105 Å². The summed E-state index contributed by atoms with van der Waals surface area (Å²) in [5, 5.41) is 0. The van der Waals surface area contributed by atoms with Crippen LogP contribution >= 0.6 is 0 Å². The average Bonchev–Trinajstić information content (AvgIpc) is 2.68. The van der Waals surface area contributed by atoms with E-state index >= 15 is 0 Å². The number of hydrogen-bond acceptors (Lipinski definition) is 1. The Hall–Kier alpha value is -0.820. The number of rotatable bonds is 3. The van der Waals surface area contributed by atoms with Gasteiger partial charge in [-0.15, -0.1) is 0 Å². The first-order valence-electron chi connectivity index (χ1n) is 6.89. The topological polar surface area (TPSA) is 26.0 Å². The summed E-state index contributed by atoms with van der Waals surface area (Å²) in [4.78, 5) is 0. The molecule has 2 atom stereocenters. The van der Waals surface area contributed by atoms with Gasteiger partial charge in [-0.1, -0.05) is 51.5 Å². The SMILES string of the molecule is CCc1cccc(C(N)C2CCCC2(C)C)c1. The highest BCUT2D eigenvalue weighted by Gasteiger charge is 2.38. The molecule has 1 nitrogen and oxygen atoms in total. The molecule has 2 rings (SSSR count). The standard InChI is InChI=1S/C16H25N/c1-4-12-7-5-8-13(11-12)15(17)14-9-6-10-16(14,2)3/h5,7-8,11,14-15H,4,6,9-10,17H2,1-3H3. The summed E-state index contributed by atoms with van der Waals surface area (Å²) in [6.07, 6.45) is 5.02. The van der Waals surface area contributed by atoms with Gasteiger partial charge in [-0.2, -0.15) is 0 Å². The first-order valence-corrected chi connectivity index (χ1v) is 6.89. The molecule has 2 unspecified atom stereocenters. The minimum atomic E-state index is 0.207. The third kappa shape index (κ3) is 2.55. The summed E-state index contributed by atoms with van der Waals surface area (Å²) in [7, 11) is 0. The zero-order chi connectivity index (χ0) is 12.5. The fraction of sp³-hybridized carbons (Fsp3) is 0.625. The maximum Gasteiger partial charge on any atom is 0.0328 e. The molecule has 1 aromatic carbocycles. The van der Waals surface area contributed by atoms with Gasteiger partial charge in [0.25, 0.3) is 0 Å². The molecule has 1 saturated carbocycles. The molecule has 94 valence electrons. The summed E-state index contributed by atoms with van der Waals surface area (Å²) in [6.45, 7) is 6.94. The molecule has 1 aliphatic rings. The van der Waals surface area contributed by atoms with Crippen LogP contribution < -0.4 is 5.73 Å². The predicted octanol–water partition coefficient (Wildman–Crippen LogP) is 4.08. The second kappa shape index (κ2) is 4.81.